The Kier molecular flexibility index (Phi) is 4.45. The number of aliphatic carboxylic acids is 1. The molecule has 1 fully saturated rings. The van der Waals surface area contributed by atoms with E-state index in [1.165, 1.54) is 0 Å². The number of amides is 1. The minimum atomic E-state index is -0.799. The van der Waals surface area contributed by atoms with Crippen LogP contribution in [0.1, 0.15) is 13.3 Å². The van der Waals surface area contributed by atoms with Crippen molar-refractivity contribution in [1.82, 2.24) is 4.90 Å². The lowest BCUT2D eigenvalue weighted by Gasteiger charge is -2.19. The van der Waals surface area contributed by atoms with Gasteiger partial charge in [0.25, 0.3) is 0 Å². The minimum absolute atomic E-state index is 0.127. The fraction of sp³-hybridized carbons (Fsp3) is 0.429. The Morgan fingerprint density at radius 2 is 2.25 bits per heavy atom. The first-order valence-electron chi connectivity index (χ1n) is 6.40. The summed E-state index contributed by atoms with van der Waals surface area (Å²) in [6.07, 6.45) is 0.576. The van der Waals surface area contributed by atoms with Crippen molar-refractivity contribution in [2.75, 3.05) is 25.0 Å². The van der Waals surface area contributed by atoms with Crippen molar-refractivity contribution in [2.24, 2.45) is 5.41 Å². The molecule has 1 heterocycles. The molecule has 1 saturated heterocycles. The number of anilines is 1. The third-order valence-corrected chi connectivity index (χ3v) is 4.04. The molecule has 1 aromatic rings. The Labute approximate surface area is 126 Å². The number of rotatable bonds is 4. The van der Waals surface area contributed by atoms with Crippen LogP contribution in [0.4, 0.5) is 5.69 Å². The fourth-order valence-electron chi connectivity index (χ4n) is 2.34. The zero-order valence-electron chi connectivity index (χ0n) is 11.2. The largest absolute Gasteiger partial charge is 0.481 e. The Bertz CT molecular complexity index is 535. The van der Waals surface area contributed by atoms with E-state index >= 15 is 0 Å². The molecule has 1 atom stereocenters. The van der Waals surface area contributed by atoms with Crippen molar-refractivity contribution < 1.29 is 14.7 Å². The predicted octanol–water partition coefficient (Wildman–Crippen LogP) is 2.18. The Hall–Kier alpha value is -1.40. The van der Waals surface area contributed by atoms with Gasteiger partial charge in [-0.2, -0.15) is 0 Å². The van der Waals surface area contributed by atoms with Crippen LogP contribution in [0.3, 0.4) is 0 Å². The first kappa shape index (κ1) is 15.0. The zero-order valence-corrected chi connectivity index (χ0v) is 12.8. The van der Waals surface area contributed by atoms with Crippen molar-refractivity contribution >= 4 is 33.5 Å². The fourth-order valence-corrected chi connectivity index (χ4v) is 2.74. The number of benzene rings is 1. The van der Waals surface area contributed by atoms with Crippen LogP contribution >= 0.6 is 15.9 Å². The van der Waals surface area contributed by atoms with E-state index < -0.39 is 11.4 Å². The van der Waals surface area contributed by atoms with E-state index in [0.717, 1.165) is 10.2 Å². The maximum atomic E-state index is 11.9. The van der Waals surface area contributed by atoms with E-state index in [1.807, 2.05) is 29.2 Å². The molecule has 0 spiro atoms. The summed E-state index contributed by atoms with van der Waals surface area (Å²) in [4.78, 5) is 25.0. The van der Waals surface area contributed by atoms with Gasteiger partial charge in [-0.3, -0.25) is 14.5 Å². The van der Waals surface area contributed by atoms with E-state index in [0.29, 0.717) is 19.5 Å². The van der Waals surface area contributed by atoms with Crippen LogP contribution in [0.2, 0.25) is 0 Å². The number of carboxylic acids is 1. The molecule has 5 nitrogen and oxygen atoms in total. The van der Waals surface area contributed by atoms with Gasteiger partial charge in [0.1, 0.15) is 0 Å². The number of carbonyl (C=O) groups is 2. The quantitative estimate of drug-likeness (QED) is 0.881. The first-order chi connectivity index (χ1) is 9.39. The van der Waals surface area contributed by atoms with Crippen molar-refractivity contribution in [2.45, 2.75) is 13.3 Å². The second-order valence-electron chi connectivity index (χ2n) is 5.38. The first-order valence-corrected chi connectivity index (χ1v) is 7.19. The minimum Gasteiger partial charge on any atom is -0.481 e. The maximum Gasteiger partial charge on any atom is 0.310 e. The van der Waals surface area contributed by atoms with Crippen LogP contribution < -0.4 is 5.32 Å². The predicted molar refractivity (Wildman–Crippen MR) is 79.6 cm³/mol. The molecule has 20 heavy (non-hydrogen) atoms. The summed E-state index contributed by atoms with van der Waals surface area (Å²) in [7, 11) is 0. The summed E-state index contributed by atoms with van der Waals surface area (Å²) in [6.45, 7) is 2.99. The zero-order chi connectivity index (χ0) is 14.8. The molecule has 1 aliphatic heterocycles. The van der Waals surface area contributed by atoms with Gasteiger partial charge in [0.15, 0.2) is 0 Å². The van der Waals surface area contributed by atoms with Crippen LogP contribution in [0.15, 0.2) is 28.7 Å². The topological polar surface area (TPSA) is 69.6 Å². The van der Waals surface area contributed by atoms with Gasteiger partial charge in [-0.1, -0.05) is 22.0 Å². The number of carbonyl (C=O) groups excluding carboxylic acids is 1. The highest BCUT2D eigenvalue weighted by molar-refractivity contribution is 9.10. The molecule has 1 aromatic carbocycles. The normalized spacial score (nSPS) is 22.7. The molecule has 0 bridgehead atoms. The summed E-state index contributed by atoms with van der Waals surface area (Å²) in [6, 6.07) is 7.36. The van der Waals surface area contributed by atoms with Gasteiger partial charge in [-0.25, -0.2) is 0 Å². The van der Waals surface area contributed by atoms with Crippen molar-refractivity contribution in [3.63, 3.8) is 0 Å². The van der Waals surface area contributed by atoms with Crippen LogP contribution in [0.5, 0.6) is 0 Å². The van der Waals surface area contributed by atoms with E-state index in [4.69, 9.17) is 5.11 Å². The molecule has 1 unspecified atom stereocenters. The lowest BCUT2D eigenvalue weighted by molar-refractivity contribution is -0.147. The van der Waals surface area contributed by atoms with Gasteiger partial charge < -0.3 is 10.4 Å². The van der Waals surface area contributed by atoms with Crippen molar-refractivity contribution in [3.8, 4) is 0 Å². The molecule has 108 valence electrons. The van der Waals surface area contributed by atoms with E-state index in [1.54, 1.807) is 6.92 Å². The molecule has 2 rings (SSSR count). The molecule has 1 amide bonds. The van der Waals surface area contributed by atoms with Crippen LogP contribution in [0, 0.1) is 5.41 Å². The monoisotopic (exact) mass is 340 g/mol. The molecular weight excluding hydrogens is 324 g/mol. The van der Waals surface area contributed by atoms with Gasteiger partial charge >= 0.3 is 5.97 Å². The Morgan fingerprint density at radius 3 is 2.85 bits per heavy atom. The number of halogens is 1. The number of nitrogens with zero attached hydrogens (tertiary/aromatic N) is 1. The summed E-state index contributed by atoms with van der Waals surface area (Å²) in [5, 5.41) is 12.0. The number of nitrogens with one attached hydrogen (secondary N) is 1. The molecule has 0 saturated carbocycles. The Balaban J connectivity index is 1.89. The number of likely N-dealkylation sites (tertiary alicyclic amines) is 1. The molecule has 1 aliphatic rings. The Morgan fingerprint density at radius 1 is 1.50 bits per heavy atom. The summed E-state index contributed by atoms with van der Waals surface area (Å²) < 4.78 is 0.898. The molecule has 0 radical (unpaired) electrons. The highest BCUT2D eigenvalue weighted by Crippen LogP contribution is 2.29. The third-order valence-electron chi connectivity index (χ3n) is 3.54. The SMILES string of the molecule is CC1(C(=O)O)CCN(CC(=O)Nc2cccc(Br)c2)C1. The van der Waals surface area contributed by atoms with E-state index in [-0.39, 0.29) is 12.5 Å². The van der Waals surface area contributed by atoms with Crippen molar-refractivity contribution in [1.29, 1.82) is 0 Å². The molecular formula is C14H17BrN2O3. The number of hydrogen-bond donors (Lipinski definition) is 2. The van der Waals surface area contributed by atoms with E-state index in [2.05, 4.69) is 21.2 Å². The highest BCUT2D eigenvalue weighted by Gasteiger charge is 2.40. The number of hydrogen-bond acceptors (Lipinski definition) is 3. The maximum absolute atomic E-state index is 11.9. The van der Waals surface area contributed by atoms with Crippen LogP contribution in [0.25, 0.3) is 0 Å². The highest BCUT2D eigenvalue weighted by atomic mass is 79.9. The lowest BCUT2D eigenvalue weighted by Crippen LogP contribution is -2.35. The van der Waals surface area contributed by atoms with Gasteiger partial charge in [0.05, 0.1) is 12.0 Å². The van der Waals surface area contributed by atoms with E-state index in [9.17, 15) is 9.59 Å². The molecule has 2 N–H and O–H groups in total. The average molecular weight is 341 g/mol. The third kappa shape index (κ3) is 3.58. The van der Waals surface area contributed by atoms with Crippen LogP contribution in [-0.2, 0) is 9.59 Å². The standard InChI is InChI=1S/C14H17BrN2O3/c1-14(13(19)20)5-6-17(9-14)8-12(18)16-11-4-2-3-10(15)7-11/h2-4,7H,5-6,8-9H2,1H3,(H,16,18)(H,19,20). The van der Waals surface area contributed by atoms with Gasteiger partial charge in [0.2, 0.25) is 5.91 Å². The van der Waals surface area contributed by atoms with Crippen LogP contribution in [-0.4, -0.2) is 41.5 Å². The molecule has 0 aromatic heterocycles. The second kappa shape index (κ2) is 5.93. The lowest BCUT2D eigenvalue weighted by atomic mass is 9.90. The van der Waals surface area contributed by atoms with Crippen molar-refractivity contribution in [3.05, 3.63) is 28.7 Å². The number of carboxylic acid groups (broad SMARTS) is 1. The average Bonchev–Trinajstić information content (AvgIpc) is 2.72. The molecule has 6 heteroatoms. The smallest absolute Gasteiger partial charge is 0.310 e. The summed E-state index contributed by atoms with van der Waals surface area (Å²) in [5.74, 6) is -0.926. The molecule has 0 aliphatic carbocycles. The summed E-state index contributed by atoms with van der Waals surface area (Å²) >= 11 is 3.34. The van der Waals surface area contributed by atoms with Gasteiger partial charge in [-0.15, -0.1) is 0 Å². The second-order valence-corrected chi connectivity index (χ2v) is 6.30. The van der Waals surface area contributed by atoms with Gasteiger partial charge in [-0.05, 0) is 38.1 Å². The van der Waals surface area contributed by atoms with Gasteiger partial charge in [0, 0.05) is 16.7 Å². The summed E-state index contributed by atoms with van der Waals surface area (Å²) in [5.41, 5.74) is -0.0136.